The molecular weight excluding hydrogens is 134 g/mol. The van der Waals surface area contributed by atoms with Gasteiger partial charge in [0.1, 0.15) is 0 Å². The zero-order valence-electron chi connectivity index (χ0n) is 5.64. The van der Waals surface area contributed by atoms with E-state index in [-0.39, 0.29) is 12.5 Å². The summed E-state index contributed by atoms with van der Waals surface area (Å²) in [6.07, 6.45) is -1.22. The van der Waals surface area contributed by atoms with Gasteiger partial charge in [-0.25, -0.2) is 0 Å². The minimum atomic E-state index is -0.864. The molecule has 0 saturated heterocycles. The van der Waals surface area contributed by atoms with E-state index in [1.54, 1.807) is 0 Å². The Morgan fingerprint density at radius 3 is 2.20 bits per heavy atom. The fourth-order valence-electron chi connectivity index (χ4n) is 1.34. The minimum Gasteiger partial charge on any atom is -0.396 e. The molecule has 0 unspecified atom stereocenters. The fourth-order valence-corrected chi connectivity index (χ4v) is 1.34. The average Bonchev–Trinajstić information content (AvgIpc) is 2.17. The van der Waals surface area contributed by atoms with E-state index in [0.717, 1.165) is 0 Å². The third-order valence-corrected chi connectivity index (χ3v) is 2.11. The molecule has 0 amide bonds. The molecule has 4 nitrogen and oxygen atoms in total. The van der Waals surface area contributed by atoms with E-state index < -0.39 is 18.2 Å². The van der Waals surface area contributed by atoms with Gasteiger partial charge >= 0.3 is 0 Å². The second-order valence-electron chi connectivity index (χ2n) is 2.81. The minimum absolute atomic E-state index is 0.0602. The van der Waals surface area contributed by atoms with Gasteiger partial charge < -0.3 is 21.1 Å². The fraction of sp³-hybridized carbons (Fsp3) is 1.00. The maximum absolute atomic E-state index is 9.08. The molecule has 0 aromatic heterocycles. The number of rotatable bonds is 1. The Labute approximate surface area is 59.3 Å². The van der Waals surface area contributed by atoms with Gasteiger partial charge in [0, 0.05) is 18.6 Å². The van der Waals surface area contributed by atoms with Gasteiger partial charge in [0.25, 0.3) is 0 Å². The SMILES string of the molecule is N[C@@H]1[C@H](CO)C[C@@H](O)[C@H]1O. The van der Waals surface area contributed by atoms with Gasteiger partial charge in [-0.15, -0.1) is 0 Å². The topological polar surface area (TPSA) is 86.7 Å². The molecule has 0 heterocycles. The summed E-state index contributed by atoms with van der Waals surface area (Å²) in [4.78, 5) is 0. The normalized spacial score (nSPS) is 48.0. The molecule has 1 fully saturated rings. The molecule has 10 heavy (non-hydrogen) atoms. The molecule has 0 bridgehead atoms. The molecule has 4 heteroatoms. The van der Waals surface area contributed by atoms with E-state index in [9.17, 15) is 0 Å². The molecule has 1 saturated carbocycles. The van der Waals surface area contributed by atoms with Crippen molar-refractivity contribution in [2.75, 3.05) is 6.61 Å². The zero-order valence-corrected chi connectivity index (χ0v) is 5.64. The maximum atomic E-state index is 9.08. The quantitative estimate of drug-likeness (QED) is 0.347. The molecule has 0 spiro atoms. The lowest BCUT2D eigenvalue weighted by Crippen LogP contribution is -2.39. The van der Waals surface area contributed by atoms with Gasteiger partial charge in [0.15, 0.2) is 0 Å². The second kappa shape index (κ2) is 2.84. The smallest absolute Gasteiger partial charge is 0.0953 e. The summed E-state index contributed by atoms with van der Waals surface area (Å²) in [5, 5.41) is 26.8. The van der Waals surface area contributed by atoms with Gasteiger partial charge in [-0.05, 0) is 6.42 Å². The van der Waals surface area contributed by atoms with Crippen LogP contribution in [0.25, 0.3) is 0 Å². The Hall–Kier alpha value is -0.160. The summed E-state index contributed by atoms with van der Waals surface area (Å²) >= 11 is 0. The van der Waals surface area contributed by atoms with Crippen LogP contribution in [0.5, 0.6) is 0 Å². The van der Waals surface area contributed by atoms with Crippen LogP contribution in [0.1, 0.15) is 6.42 Å². The maximum Gasteiger partial charge on any atom is 0.0953 e. The van der Waals surface area contributed by atoms with Crippen molar-refractivity contribution in [2.45, 2.75) is 24.7 Å². The van der Waals surface area contributed by atoms with Gasteiger partial charge in [-0.2, -0.15) is 0 Å². The Morgan fingerprint density at radius 1 is 1.40 bits per heavy atom. The van der Waals surface area contributed by atoms with E-state index in [1.165, 1.54) is 0 Å². The van der Waals surface area contributed by atoms with Crippen molar-refractivity contribution in [2.24, 2.45) is 11.7 Å². The van der Waals surface area contributed by atoms with Crippen molar-refractivity contribution in [3.63, 3.8) is 0 Å². The lowest BCUT2D eigenvalue weighted by atomic mass is 10.1. The van der Waals surface area contributed by atoms with Crippen molar-refractivity contribution in [1.29, 1.82) is 0 Å². The molecule has 0 aliphatic heterocycles. The van der Waals surface area contributed by atoms with Crippen LogP contribution in [0.15, 0.2) is 0 Å². The lowest BCUT2D eigenvalue weighted by molar-refractivity contribution is 0.0360. The Morgan fingerprint density at radius 2 is 2.00 bits per heavy atom. The highest BCUT2D eigenvalue weighted by molar-refractivity contribution is 4.93. The molecule has 0 aromatic rings. The number of hydrogen-bond donors (Lipinski definition) is 4. The summed E-state index contributed by atoms with van der Waals surface area (Å²) in [6.45, 7) is -0.0602. The molecule has 1 rings (SSSR count). The predicted octanol–water partition coefficient (Wildman–Crippen LogP) is -1.95. The van der Waals surface area contributed by atoms with E-state index in [4.69, 9.17) is 21.1 Å². The Bertz CT molecular complexity index is 120. The van der Waals surface area contributed by atoms with Crippen LogP contribution in [0, 0.1) is 5.92 Å². The van der Waals surface area contributed by atoms with Crippen molar-refractivity contribution in [3.05, 3.63) is 0 Å². The average molecular weight is 147 g/mol. The summed E-state index contributed by atoms with van der Waals surface area (Å²) in [6, 6.07) is -0.472. The first-order valence-corrected chi connectivity index (χ1v) is 3.39. The molecule has 0 aromatic carbocycles. The van der Waals surface area contributed by atoms with Gasteiger partial charge in [-0.3, -0.25) is 0 Å². The molecular formula is C6H13NO3. The van der Waals surface area contributed by atoms with Crippen molar-refractivity contribution in [3.8, 4) is 0 Å². The first-order chi connectivity index (χ1) is 4.66. The lowest BCUT2D eigenvalue weighted by Gasteiger charge is -2.14. The summed E-state index contributed by atoms with van der Waals surface area (Å²) in [5.41, 5.74) is 5.45. The van der Waals surface area contributed by atoms with E-state index in [1.807, 2.05) is 0 Å². The van der Waals surface area contributed by atoms with Crippen LogP contribution in [0.4, 0.5) is 0 Å². The molecule has 5 N–H and O–H groups in total. The van der Waals surface area contributed by atoms with Crippen LogP contribution in [0.3, 0.4) is 0 Å². The predicted molar refractivity (Wildman–Crippen MR) is 35.2 cm³/mol. The second-order valence-corrected chi connectivity index (χ2v) is 2.81. The third-order valence-electron chi connectivity index (χ3n) is 2.11. The Balaban J connectivity index is 2.53. The van der Waals surface area contributed by atoms with Crippen LogP contribution < -0.4 is 5.73 Å². The van der Waals surface area contributed by atoms with Gasteiger partial charge in [-0.1, -0.05) is 0 Å². The third kappa shape index (κ3) is 1.15. The first kappa shape index (κ1) is 7.94. The first-order valence-electron chi connectivity index (χ1n) is 3.39. The van der Waals surface area contributed by atoms with Crippen molar-refractivity contribution in [1.82, 2.24) is 0 Å². The number of hydrogen-bond acceptors (Lipinski definition) is 4. The largest absolute Gasteiger partial charge is 0.396 e. The van der Waals surface area contributed by atoms with Crippen LogP contribution in [-0.2, 0) is 0 Å². The molecule has 1 aliphatic rings. The van der Waals surface area contributed by atoms with Gasteiger partial charge in [0.05, 0.1) is 12.2 Å². The summed E-state index contributed by atoms with van der Waals surface area (Å²) in [7, 11) is 0. The highest BCUT2D eigenvalue weighted by Gasteiger charge is 2.38. The summed E-state index contributed by atoms with van der Waals surface area (Å²) in [5.74, 6) is -0.148. The Kier molecular flexibility index (Phi) is 2.25. The standard InChI is InChI=1S/C6H13NO3/c7-5-3(2-8)1-4(9)6(5)10/h3-6,8-10H,1-2,7H2/t3-,4+,5+,6+/m0/s1. The molecule has 60 valence electrons. The van der Waals surface area contributed by atoms with Crippen LogP contribution >= 0.6 is 0 Å². The number of aliphatic hydroxyl groups is 3. The summed E-state index contributed by atoms with van der Waals surface area (Å²) < 4.78 is 0. The van der Waals surface area contributed by atoms with E-state index in [2.05, 4.69) is 0 Å². The number of aliphatic hydroxyl groups excluding tert-OH is 3. The van der Waals surface area contributed by atoms with Crippen LogP contribution in [-0.4, -0.2) is 40.2 Å². The van der Waals surface area contributed by atoms with Gasteiger partial charge in [0.2, 0.25) is 0 Å². The van der Waals surface area contributed by atoms with E-state index >= 15 is 0 Å². The van der Waals surface area contributed by atoms with E-state index in [0.29, 0.717) is 6.42 Å². The molecule has 1 aliphatic carbocycles. The highest BCUT2D eigenvalue weighted by atomic mass is 16.3. The number of nitrogens with two attached hydrogens (primary N) is 1. The van der Waals surface area contributed by atoms with Crippen LogP contribution in [0.2, 0.25) is 0 Å². The zero-order chi connectivity index (χ0) is 7.72. The highest BCUT2D eigenvalue weighted by Crippen LogP contribution is 2.24. The van der Waals surface area contributed by atoms with Crippen molar-refractivity contribution >= 4 is 0 Å². The molecule has 4 atom stereocenters. The monoisotopic (exact) mass is 147 g/mol. The molecule has 0 radical (unpaired) electrons. The van der Waals surface area contributed by atoms with Crippen molar-refractivity contribution < 1.29 is 15.3 Å².